The van der Waals surface area contributed by atoms with Crippen molar-refractivity contribution in [2.45, 2.75) is 20.4 Å². The number of rotatable bonds is 6. The van der Waals surface area contributed by atoms with Crippen LogP contribution in [0.3, 0.4) is 0 Å². The smallest absolute Gasteiger partial charge is 0.254 e. The molecule has 1 aromatic heterocycles. The first-order chi connectivity index (χ1) is 13.0. The lowest BCUT2D eigenvalue weighted by Crippen LogP contribution is -2.30. The fourth-order valence-electron chi connectivity index (χ4n) is 2.87. The van der Waals surface area contributed by atoms with E-state index >= 15 is 0 Å². The molecule has 2 aromatic carbocycles. The minimum absolute atomic E-state index is 0.0690. The van der Waals surface area contributed by atoms with E-state index in [1.54, 1.807) is 41.3 Å². The summed E-state index contributed by atoms with van der Waals surface area (Å²) in [6.45, 7) is 5.04. The Hall–Kier alpha value is -3.28. The van der Waals surface area contributed by atoms with Gasteiger partial charge in [0.2, 0.25) is 0 Å². The van der Waals surface area contributed by atoms with Crippen molar-refractivity contribution in [3.63, 3.8) is 0 Å². The molecule has 1 amide bonds. The molecule has 6 nitrogen and oxygen atoms in total. The molecule has 3 rings (SSSR count). The number of phenols is 1. The minimum Gasteiger partial charge on any atom is -0.504 e. The van der Waals surface area contributed by atoms with Crippen LogP contribution in [0.15, 0.2) is 57.9 Å². The SMILES string of the molecule is CCOc1cc(CN(CC)C(=O)c2ccc3c(=O)ccoc3c2)ccc1O. The van der Waals surface area contributed by atoms with Gasteiger partial charge in [-0.3, -0.25) is 9.59 Å². The van der Waals surface area contributed by atoms with Gasteiger partial charge in [-0.05, 0) is 49.7 Å². The first kappa shape index (κ1) is 18.5. The van der Waals surface area contributed by atoms with E-state index in [9.17, 15) is 14.7 Å². The van der Waals surface area contributed by atoms with Gasteiger partial charge < -0.3 is 19.2 Å². The van der Waals surface area contributed by atoms with Crippen molar-refractivity contribution in [2.24, 2.45) is 0 Å². The molecule has 0 aliphatic carbocycles. The van der Waals surface area contributed by atoms with Gasteiger partial charge in [0.25, 0.3) is 5.91 Å². The highest BCUT2D eigenvalue weighted by atomic mass is 16.5. The Balaban J connectivity index is 1.86. The van der Waals surface area contributed by atoms with E-state index in [1.807, 2.05) is 13.8 Å². The Labute approximate surface area is 156 Å². The largest absolute Gasteiger partial charge is 0.504 e. The minimum atomic E-state index is -0.170. The van der Waals surface area contributed by atoms with Crippen LogP contribution in [0.1, 0.15) is 29.8 Å². The van der Waals surface area contributed by atoms with Crippen molar-refractivity contribution < 1.29 is 19.1 Å². The van der Waals surface area contributed by atoms with Gasteiger partial charge in [0.05, 0.1) is 18.3 Å². The van der Waals surface area contributed by atoms with Crippen LogP contribution in [0.2, 0.25) is 0 Å². The van der Waals surface area contributed by atoms with Gasteiger partial charge in [-0.1, -0.05) is 6.07 Å². The van der Waals surface area contributed by atoms with Gasteiger partial charge in [0, 0.05) is 24.7 Å². The molecule has 27 heavy (non-hydrogen) atoms. The summed E-state index contributed by atoms with van der Waals surface area (Å²) in [5, 5.41) is 10.3. The quantitative estimate of drug-likeness (QED) is 0.721. The van der Waals surface area contributed by atoms with Crippen LogP contribution in [0.5, 0.6) is 11.5 Å². The number of aromatic hydroxyl groups is 1. The number of carbonyl (C=O) groups is 1. The van der Waals surface area contributed by atoms with Crippen molar-refractivity contribution >= 4 is 16.9 Å². The maximum Gasteiger partial charge on any atom is 0.254 e. The third kappa shape index (κ3) is 3.95. The molecule has 0 saturated heterocycles. The van der Waals surface area contributed by atoms with Gasteiger partial charge in [0.15, 0.2) is 16.9 Å². The predicted octanol–water partition coefficient (Wildman–Crippen LogP) is 3.56. The Morgan fingerprint density at radius 3 is 2.70 bits per heavy atom. The molecule has 0 aliphatic heterocycles. The van der Waals surface area contributed by atoms with Crippen LogP contribution in [0, 0.1) is 0 Å². The van der Waals surface area contributed by atoms with Crippen LogP contribution in [-0.4, -0.2) is 29.1 Å². The molecule has 0 unspecified atom stereocenters. The summed E-state index contributed by atoms with van der Waals surface area (Å²) in [7, 11) is 0. The molecule has 0 saturated carbocycles. The lowest BCUT2D eigenvalue weighted by atomic mass is 10.1. The highest BCUT2D eigenvalue weighted by molar-refractivity contribution is 5.97. The van der Waals surface area contributed by atoms with Crippen molar-refractivity contribution in [1.82, 2.24) is 4.90 Å². The summed E-state index contributed by atoms with van der Waals surface area (Å²) in [5.74, 6) is 0.294. The van der Waals surface area contributed by atoms with Gasteiger partial charge in [-0.2, -0.15) is 0 Å². The summed E-state index contributed by atoms with van der Waals surface area (Å²) in [6, 6.07) is 11.2. The number of hydrogen-bond acceptors (Lipinski definition) is 5. The summed E-state index contributed by atoms with van der Waals surface area (Å²) in [6.07, 6.45) is 1.32. The Bertz CT molecular complexity index is 1020. The van der Waals surface area contributed by atoms with E-state index in [-0.39, 0.29) is 17.1 Å². The standard InChI is InChI=1S/C21H21NO5/c1-3-22(13-14-5-8-18(24)20(11-14)26-4-2)21(25)15-6-7-16-17(23)9-10-27-19(16)12-15/h5-12,24H,3-4,13H2,1-2H3. The second-order valence-electron chi connectivity index (χ2n) is 6.05. The normalized spacial score (nSPS) is 10.7. The summed E-state index contributed by atoms with van der Waals surface area (Å²) in [5.41, 5.74) is 1.53. The molecule has 140 valence electrons. The van der Waals surface area contributed by atoms with E-state index in [2.05, 4.69) is 0 Å². The molecule has 3 aromatic rings. The molecule has 0 spiro atoms. The van der Waals surface area contributed by atoms with Gasteiger partial charge in [-0.25, -0.2) is 0 Å². The highest BCUT2D eigenvalue weighted by Crippen LogP contribution is 2.27. The van der Waals surface area contributed by atoms with Crippen molar-refractivity contribution in [3.05, 3.63) is 70.1 Å². The number of amides is 1. The molecule has 0 atom stereocenters. The number of carbonyl (C=O) groups excluding carboxylic acids is 1. The van der Waals surface area contributed by atoms with E-state index in [4.69, 9.17) is 9.15 Å². The molecule has 0 radical (unpaired) electrons. The molecule has 0 fully saturated rings. The summed E-state index contributed by atoms with van der Waals surface area (Å²) in [4.78, 5) is 26.4. The number of nitrogens with zero attached hydrogens (tertiary/aromatic N) is 1. The Morgan fingerprint density at radius 2 is 1.96 bits per heavy atom. The van der Waals surface area contributed by atoms with Crippen LogP contribution >= 0.6 is 0 Å². The van der Waals surface area contributed by atoms with E-state index in [1.165, 1.54) is 12.3 Å². The zero-order chi connectivity index (χ0) is 19.4. The second-order valence-corrected chi connectivity index (χ2v) is 6.05. The number of hydrogen-bond donors (Lipinski definition) is 1. The highest BCUT2D eigenvalue weighted by Gasteiger charge is 2.17. The second kappa shape index (κ2) is 7.95. The zero-order valence-corrected chi connectivity index (χ0v) is 15.3. The van der Waals surface area contributed by atoms with Crippen LogP contribution in [0.4, 0.5) is 0 Å². The molecular formula is C21H21NO5. The van der Waals surface area contributed by atoms with Crippen LogP contribution in [0.25, 0.3) is 11.0 Å². The van der Waals surface area contributed by atoms with Crippen molar-refractivity contribution in [2.75, 3.05) is 13.2 Å². The number of fused-ring (bicyclic) bond motifs is 1. The average molecular weight is 367 g/mol. The lowest BCUT2D eigenvalue weighted by Gasteiger charge is -2.21. The molecule has 0 aliphatic rings. The predicted molar refractivity (Wildman–Crippen MR) is 102 cm³/mol. The van der Waals surface area contributed by atoms with Gasteiger partial charge >= 0.3 is 0 Å². The molecule has 0 bridgehead atoms. The maximum atomic E-state index is 12.9. The molecule has 1 N–H and O–H groups in total. The Morgan fingerprint density at radius 1 is 1.15 bits per heavy atom. The third-order valence-electron chi connectivity index (χ3n) is 4.27. The van der Waals surface area contributed by atoms with Crippen molar-refractivity contribution in [1.29, 1.82) is 0 Å². The Kier molecular flexibility index (Phi) is 5.45. The van der Waals surface area contributed by atoms with Gasteiger partial charge in [-0.15, -0.1) is 0 Å². The summed E-state index contributed by atoms with van der Waals surface area (Å²) >= 11 is 0. The zero-order valence-electron chi connectivity index (χ0n) is 15.3. The van der Waals surface area contributed by atoms with Crippen molar-refractivity contribution in [3.8, 4) is 11.5 Å². The van der Waals surface area contributed by atoms with Crippen LogP contribution < -0.4 is 10.2 Å². The first-order valence-corrected chi connectivity index (χ1v) is 8.79. The number of phenolic OH excluding ortho intramolecular Hbond substituents is 1. The molecule has 6 heteroatoms. The number of ether oxygens (including phenoxy) is 1. The summed E-state index contributed by atoms with van der Waals surface area (Å²) < 4.78 is 10.8. The first-order valence-electron chi connectivity index (χ1n) is 8.79. The third-order valence-corrected chi connectivity index (χ3v) is 4.27. The number of benzene rings is 2. The average Bonchev–Trinajstić information content (AvgIpc) is 2.68. The van der Waals surface area contributed by atoms with Crippen LogP contribution in [-0.2, 0) is 6.54 Å². The van der Waals surface area contributed by atoms with Gasteiger partial charge in [0.1, 0.15) is 5.58 Å². The topological polar surface area (TPSA) is 80.0 Å². The van der Waals surface area contributed by atoms with E-state index in [0.29, 0.717) is 42.0 Å². The monoisotopic (exact) mass is 367 g/mol. The lowest BCUT2D eigenvalue weighted by molar-refractivity contribution is 0.0752. The van der Waals surface area contributed by atoms with E-state index < -0.39 is 0 Å². The fourth-order valence-corrected chi connectivity index (χ4v) is 2.87. The fraction of sp³-hybridized carbons (Fsp3) is 0.238. The maximum absolute atomic E-state index is 12.9. The molecule has 1 heterocycles. The van der Waals surface area contributed by atoms with E-state index in [0.717, 1.165) is 5.56 Å². The molecular weight excluding hydrogens is 346 g/mol.